The zero-order valence-electron chi connectivity index (χ0n) is 17.9. The summed E-state index contributed by atoms with van der Waals surface area (Å²) in [4.78, 5) is 13.9. The van der Waals surface area contributed by atoms with E-state index in [0.717, 1.165) is 50.0 Å². The second kappa shape index (κ2) is 9.47. The van der Waals surface area contributed by atoms with Gasteiger partial charge in [-0.1, -0.05) is 5.16 Å². The van der Waals surface area contributed by atoms with Crippen LogP contribution >= 0.6 is 0 Å². The van der Waals surface area contributed by atoms with Gasteiger partial charge in [0.1, 0.15) is 5.82 Å². The van der Waals surface area contributed by atoms with Crippen LogP contribution in [0, 0.1) is 5.82 Å². The van der Waals surface area contributed by atoms with Gasteiger partial charge in [-0.2, -0.15) is 0 Å². The summed E-state index contributed by atoms with van der Waals surface area (Å²) < 4.78 is 30.0. The lowest BCUT2D eigenvalue weighted by atomic mass is 9.92. The molecule has 2 heterocycles. The monoisotopic (exact) mass is 426 g/mol. The summed E-state index contributed by atoms with van der Waals surface area (Å²) in [6.07, 6.45) is 3.00. The van der Waals surface area contributed by atoms with Crippen molar-refractivity contribution in [1.82, 2.24) is 10.1 Å². The molecule has 164 valence electrons. The zero-order valence-corrected chi connectivity index (χ0v) is 17.9. The highest BCUT2D eigenvalue weighted by Gasteiger charge is 2.25. The van der Waals surface area contributed by atoms with E-state index in [1.807, 2.05) is 0 Å². The van der Waals surface area contributed by atoms with E-state index in [1.54, 1.807) is 31.4 Å². The normalized spacial score (nSPS) is 17.1. The van der Waals surface area contributed by atoms with Crippen molar-refractivity contribution >= 4 is 16.8 Å². The molecular weight excluding hydrogens is 399 g/mol. The Hall–Kier alpha value is -2.93. The van der Waals surface area contributed by atoms with E-state index in [2.05, 4.69) is 10.1 Å². The minimum atomic E-state index is -0.312. The first-order chi connectivity index (χ1) is 15.0. The van der Waals surface area contributed by atoms with Gasteiger partial charge in [0.05, 0.1) is 19.4 Å². The third-order valence-electron chi connectivity index (χ3n) is 5.80. The number of hydrogen-bond donors (Lipinski definition) is 0. The predicted octanol–water partition coefficient (Wildman–Crippen LogP) is 4.83. The number of Topliss-reactive ketones (excluding diaryl/α,β-unsaturated/α-hetero) is 1. The molecule has 1 saturated heterocycles. The fourth-order valence-electron chi connectivity index (χ4n) is 4.18. The first kappa shape index (κ1) is 21.3. The number of ether oxygens (including phenoxy) is 2. The highest BCUT2D eigenvalue weighted by molar-refractivity contribution is 5.94. The Labute approximate surface area is 180 Å². The van der Waals surface area contributed by atoms with E-state index in [0.29, 0.717) is 29.3 Å². The molecule has 0 saturated carbocycles. The van der Waals surface area contributed by atoms with Crippen LogP contribution in [0.25, 0.3) is 11.0 Å². The molecule has 0 amide bonds. The van der Waals surface area contributed by atoms with Crippen LogP contribution in [-0.4, -0.2) is 49.2 Å². The molecule has 4 rings (SSSR count). The van der Waals surface area contributed by atoms with Crippen molar-refractivity contribution in [3.8, 4) is 11.5 Å². The molecule has 0 spiro atoms. The molecule has 3 aromatic rings. The molecule has 1 aliphatic heterocycles. The molecule has 0 N–H and O–H groups in total. The van der Waals surface area contributed by atoms with Gasteiger partial charge in [0.15, 0.2) is 22.9 Å². The number of ketones is 1. The lowest BCUT2D eigenvalue weighted by Gasteiger charge is -2.31. The molecule has 31 heavy (non-hydrogen) atoms. The van der Waals surface area contributed by atoms with E-state index in [9.17, 15) is 9.18 Å². The largest absolute Gasteiger partial charge is 0.493 e. The number of nitrogens with zero attached hydrogens (tertiary/aromatic N) is 2. The van der Waals surface area contributed by atoms with Gasteiger partial charge in [-0.05, 0) is 63.1 Å². The molecular formula is C24H27FN2O4. The summed E-state index contributed by atoms with van der Waals surface area (Å²) in [6.45, 7) is 4.94. The molecule has 1 aromatic heterocycles. The molecule has 6 nitrogen and oxygen atoms in total. The Morgan fingerprint density at radius 1 is 1.26 bits per heavy atom. The third-order valence-corrected chi connectivity index (χ3v) is 5.80. The predicted molar refractivity (Wildman–Crippen MR) is 115 cm³/mol. The van der Waals surface area contributed by atoms with Gasteiger partial charge in [-0.15, -0.1) is 0 Å². The summed E-state index contributed by atoms with van der Waals surface area (Å²) in [5.74, 6) is 1.17. The number of hydrogen-bond acceptors (Lipinski definition) is 6. The van der Waals surface area contributed by atoms with E-state index < -0.39 is 0 Å². The van der Waals surface area contributed by atoms with Crippen molar-refractivity contribution < 1.29 is 23.2 Å². The second-order valence-corrected chi connectivity index (χ2v) is 7.97. The fraction of sp³-hybridized carbons (Fsp3) is 0.417. The Morgan fingerprint density at radius 2 is 2.13 bits per heavy atom. The number of rotatable bonds is 8. The molecule has 1 fully saturated rings. The van der Waals surface area contributed by atoms with Crippen molar-refractivity contribution in [2.75, 3.05) is 33.4 Å². The second-order valence-electron chi connectivity index (χ2n) is 7.97. The highest BCUT2D eigenvalue weighted by Crippen LogP contribution is 2.32. The van der Waals surface area contributed by atoms with E-state index in [1.165, 1.54) is 19.1 Å². The number of benzene rings is 2. The number of fused-ring (bicyclic) bond motifs is 1. The van der Waals surface area contributed by atoms with Crippen LogP contribution in [0.4, 0.5) is 4.39 Å². The molecule has 1 aliphatic rings. The summed E-state index contributed by atoms with van der Waals surface area (Å²) >= 11 is 0. The molecule has 1 unspecified atom stereocenters. The van der Waals surface area contributed by atoms with Crippen LogP contribution in [0.1, 0.15) is 48.2 Å². The first-order valence-corrected chi connectivity index (χ1v) is 10.6. The molecule has 0 bridgehead atoms. The van der Waals surface area contributed by atoms with Gasteiger partial charge in [-0.3, -0.25) is 4.79 Å². The number of carbonyl (C=O) groups is 1. The number of aromatic nitrogens is 1. The average molecular weight is 426 g/mol. The molecule has 2 aromatic carbocycles. The van der Waals surface area contributed by atoms with Crippen molar-refractivity contribution in [2.24, 2.45) is 0 Å². The third kappa shape index (κ3) is 4.88. The minimum Gasteiger partial charge on any atom is -0.493 e. The highest BCUT2D eigenvalue weighted by atomic mass is 19.1. The van der Waals surface area contributed by atoms with E-state index in [-0.39, 0.29) is 17.5 Å². The van der Waals surface area contributed by atoms with Crippen LogP contribution in [0.5, 0.6) is 11.5 Å². The van der Waals surface area contributed by atoms with Crippen molar-refractivity contribution in [2.45, 2.75) is 32.1 Å². The minimum absolute atomic E-state index is 0.00507. The number of piperidine rings is 1. The van der Waals surface area contributed by atoms with Gasteiger partial charge in [0.25, 0.3) is 0 Å². The summed E-state index contributed by atoms with van der Waals surface area (Å²) in [5.41, 5.74) is 2.03. The van der Waals surface area contributed by atoms with E-state index >= 15 is 0 Å². The van der Waals surface area contributed by atoms with E-state index in [4.69, 9.17) is 14.0 Å². The average Bonchev–Trinajstić information content (AvgIpc) is 3.20. The van der Waals surface area contributed by atoms with Gasteiger partial charge in [0, 0.05) is 36.0 Å². The zero-order chi connectivity index (χ0) is 21.8. The maximum Gasteiger partial charge on any atom is 0.170 e. The summed E-state index contributed by atoms with van der Waals surface area (Å²) in [6, 6.07) is 9.85. The van der Waals surface area contributed by atoms with Gasteiger partial charge in [-0.25, -0.2) is 4.39 Å². The quantitative estimate of drug-likeness (QED) is 0.380. The molecule has 0 radical (unpaired) electrons. The van der Waals surface area contributed by atoms with Crippen LogP contribution < -0.4 is 9.47 Å². The Kier molecular flexibility index (Phi) is 6.51. The smallest absolute Gasteiger partial charge is 0.170 e. The number of halogens is 1. The lowest BCUT2D eigenvalue weighted by Crippen LogP contribution is -2.35. The van der Waals surface area contributed by atoms with Crippen molar-refractivity contribution in [3.63, 3.8) is 0 Å². The van der Waals surface area contributed by atoms with Gasteiger partial charge < -0.3 is 18.9 Å². The summed E-state index contributed by atoms with van der Waals surface area (Å²) in [5, 5.41) is 5.14. The van der Waals surface area contributed by atoms with Crippen LogP contribution in [0.2, 0.25) is 0 Å². The van der Waals surface area contributed by atoms with Crippen LogP contribution in [-0.2, 0) is 0 Å². The Bertz CT molecular complexity index is 1060. The number of likely N-dealkylation sites (tertiary alicyclic amines) is 1. The summed E-state index contributed by atoms with van der Waals surface area (Å²) in [7, 11) is 1.57. The first-order valence-electron chi connectivity index (χ1n) is 10.6. The van der Waals surface area contributed by atoms with Crippen LogP contribution in [0.15, 0.2) is 40.9 Å². The standard InChI is InChI=1S/C24H27FN2O4/c1-16(28)17-6-9-21(23(13-17)29-2)30-12-4-11-27-10-3-5-18(15-27)24-20-8-7-19(25)14-22(20)31-26-24/h6-9,13-14,18H,3-5,10-12,15H2,1-2H3. The topological polar surface area (TPSA) is 64.8 Å². The maximum atomic E-state index is 13.4. The Balaban J connectivity index is 1.31. The van der Waals surface area contributed by atoms with Crippen molar-refractivity contribution in [1.29, 1.82) is 0 Å². The van der Waals surface area contributed by atoms with Gasteiger partial charge in [0.2, 0.25) is 0 Å². The van der Waals surface area contributed by atoms with Crippen LogP contribution in [0.3, 0.4) is 0 Å². The number of methoxy groups -OCH3 is 1. The van der Waals surface area contributed by atoms with Gasteiger partial charge >= 0.3 is 0 Å². The lowest BCUT2D eigenvalue weighted by molar-refractivity contribution is 0.101. The SMILES string of the molecule is COc1cc(C(C)=O)ccc1OCCCN1CCCC(c2noc3cc(F)ccc23)C1. The maximum absolute atomic E-state index is 13.4. The fourth-order valence-corrected chi connectivity index (χ4v) is 4.18. The Morgan fingerprint density at radius 3 is 2.94 bits per heavy atom. The molecule has 7 heteroatoms. The number of carbonyl (C=O) groups excluding carboxylic acids is 1. The molecule has 1 atom stereocenters. The molecule has 0 aliphatic carbocycles. The van der Waals surface area contributed by atoms with Crippen molar-refractivity contribution in [3.05, 3.63) is 53.5 Å².